The van der Waals surface area contributed by atoms with Crippen molar-refractivity contribution < 1.29 is 32.2 Å². The molecule has 1 saturated heterocycles. The summed E-state index contributed by atoms with van der Waals surface area (Å²) in [7, 11) is 0. The molecule has 1 aliphatic rings. The first-order chi connectivity index (χ1) is 15.5. The summed E-state index contributed by atoms with van der Waals surface area (Å²) < 4.78 is 51.1. The maximum Gasteiger partial charge on any atom is 0.435 e. The second kappa shape index (κ2) is 8.12. The maximum absolute atomic E-state index is 13.3. The number of halogens is 3. The van der Waals surface area contributed by atoms with Gasteiger partial charge >= 0.3 is 18.1 Å². The molecule has 0 bridgehead atoms. The molecule has 0 saturated carbocycles. The highest BCUT2D eigenvalue weighted by Crippen LogP contribution is 2.33. The Morgan fingerprint density at radius 1 is 0.970 bits per heavy atom. The smallest absolute Gasteiger partial charge is 0.419 e. The number of benzene rings is 2. The van der Waals surface area contributed by atoms with Gasteiger partial charge in [-0.2, -0.15) is 18.3 Å². The SMILES string of the molecule is CC1(C)OC(=O)C(=CNc2ccc(-c3cc(C(F)(F)F)nn3-c3ccccc3)cc2)C(=O)O1. The number of aromatic nitrogens is 2. The summed E-state index contributed by atoms with van der Waals surface area (Å²) in [5, 5.41) is 6.53. The summed E-state index contributed by atoms with van der Waals surface area (Å²) in [6, 6.07) is 15.8. The molecule has 33 heavy (non-hydrogen) atoms. The van der Waals surface area contributed by atoms with E-state index in [9.17, 15) is 22.8 Å². The first kappa shape index (κ1) is 22.1. The summed E-state index contributed by atoms with van der Waals surface area (Å²) in [6.07, 6.45) is -3.44. The van der Waals surface area contributed by atoms with Crippen LogP contribution in [0.1, 0.15) is 19.5 Å². The molecule has 1 fully saturated rings. The number of ether oxygens (including phenoxy) is 2. The van der Waals surface area contributed by atoms with E-state index in [-0.39, 0.29) is 11.3 Å². The van der Waals surface area contributed by atoms with Crippen molar-refractivity contribution in [1.29, 1.82) is 0 Å². The van der Waals surface area contributed by atoms with Gasteiger partial charge in [-0.15, -0.1) is 0 Å². The fourth-order valence-corrected chi connectivity index (χ4v) is 3.16. The molecular weight excluding hydrogens is 439 g/mol. The van der Waals surface area contributed by atoms with Crippen molar-refractivity contribution in [3.8, 4) is 16.9 Å². The molecule has 170 valence electrons. The average Bonchev–Trinajstić information content (AvgIpc) is 3.19. The van der Waals surface area contributed by atoms with E-state index in [2.05, 4.69) is 10.4 Å². The Morgan fingerprint density at radius 3 is 2.15 bits per heavy atom. The fourth-order valence-electron chi connectivity index (χ4n) is 3.16. The van der Waals surface area contributed by atoms with Crippen LogP contribution in [-0.4, -0.2) is 27.5 Å². The zero-order valence-electron chi connectivity index (χ0n) is 17.5. The van der Waals surface area contributed by atoms with E-state index >= 15 is 0 Å². The zero-order valence-corrected chi connectivity index (χ0v) is 17.5. The lowest BCUT2D eigenvalue weighted by atomic mass is 10.1. The van der Waals surface area contributed by atoms with E-state index in [1.165, 1.54) is 18.5 Å². The highest BCUT2D eigenvalue weighted by Gasteiger charge is 2.39. The summed E-state index contributed by atoms with van der Waals surface area (Å²) in [5.41, 5.74) is 0.380. The normalized spacial score (nSPS) is 15.6. The number of rotatable bonds is 4. The monoisotopic (exact) mass is 457 g/mol. The minimum Gasteiger partial charge on any atom is -0.419 e. The van der Waals surface area contributed by atoms with Gasteiger partial charge < -0.3 is 14.8 Å². The van der Waals surface area contributed by atoms with Crippen LogP contribution < -0.4 is 5.32 Å². The molecule has 2 aromatic carbocycles. The summed E-state index contributed by atoms with van der Waals surface area (Å²) in [5.74, 6) is -3.00. The molecule has 0 atom stereocenters. The second-order valence-electron chi connectivity index (χ2n) is 7.62. The Kier molecular flexibility index (Phi) is 5.44. The van der Waals surface area contributed by atoms with Crippen LogP contribution in [0.3, 0.4) is 0 Å². The third-order valence-electron chi connectivity index (χ3n) is 4.68. The lowest BCUT2D eigenvalue weighted by molar-refractivity contribution is -0.222. The van der Waals surface area contributed by atoms with Crippen LogP contribution in [0.25, 0.3) is 16.9 Å². The Labute approximate surface area is 186 Å². The topological polar surface area (TPSA) is 82.5 Å². The quantitative estimate of drug-likeness (QED) is 0.348. The molecule has 0 amide bonds. The van der Waals surface area contributed by atoms with Crippen LogP contribution in [-0.2, 0) is 25.2 Å². The van der Waals surface area contributed by atoms with Gasteiger partial charge in [-0.3, -0.25) is 0 Å². The number of alkyl halides is 3. The molecule has 1 N–H and O–H groups in total. The van der Waals surface area contributed by atoms with Crippen molar-refractivity contribution in [2.75, 3.05) is 5.32 Å². The van der Waals surface area contributed by atoms with Crippen LogP contribution in [0.4, 0.5) is 18.9 Å². The van der Waals surface area contributed by atoms with E-state index in [1.54, 1.807) is 54.6 Å². The van der Waals surface area contributed by atoms with E-state index < -0.39 is 29.6 Å². The maximum atomic E-state index is 13.3. The largest absolute Gasteiger partial charge is 0.435 e. The third-order valence-corrected chi connectivity index (χ3v) is 4.68. The Morgan fingerprint density at radius 2 is 1.58 bits per heavy atom. The van der Waals surface area contributed by atoms with Crippen LogP contribution in [0.15, 0.2) is 72.4 Å². The predicted molar refractivity (Wildman–Crippen MR) is 112 cm³/mol. The van der Waals surface area contributed by atoms with Crippen LogP contribution >= 0.6 is 0 Å². The van der Waals surface area contributed by atoms with Gasteiger partial charge in [0.05, 0.1) is 11.4 Å². The number of cyclic esters (lactones) is 2. The van der Waals surface area contributed by atoms with E-state index in [1.807, 2.05) is 0 Å². The van der Waals surface area contributed by atoms with Gasteiger partial charge in [-0.25, -0.2) is 14.3 Å². The van der Waals surface area contributed by atoms with E-state index in [4.69, 9.17) is 9.47 Å². The number of hydrogen-bond acceptors (Lipinski definition) is 6. The summed E-state index contributed by atoms with van der Waals surface area (Å²) in [6.45, 7) is 2.88. The van der Waals surface area contributed by atoms with E-state index in [0.717, 1.165) is 12.3 Å². The lowest BCUT2D eigenvalue weighted by Crippen LogP contribution is -2.42. The standard InChI is InChI=1S/C23H18F3N3O4/c1-22(2)32-20(30)17(21(31)33-22)13-27-15-10-8-14(9-11-15)18-12-19(23(24,25)26)28-29(18)16-6-4-3-5-7-16/h3-13,27H,1-2H3. The average molecular weight is 457 g/mol. The van der Waals surface area contributed by atoms with Crippen molar-refractivity contribution in [2.45, 2.75) is 25.8 Å². The number of nitrogens with zero attached hydrogens (tertiary/aromatic N) is 2. The van der Waals surface area contributed by atoms with Crippen molar-refractivity contribution in [3.05, 3.63) is 78.1 Å². The van der Waals surface area contributed by atoms with Crippen molar-refractivity contribution in [2.24, 2.45) is 0 Å². The Balaban J connectivity index is 1.61. The molecule has 7 nitrogen and oxygen atoms in total. The predicted octanol–water partition coefficient (Wildman–Crippen LogP) is 4.69. The Hall–Kier alpha value is -4.08. The number of nitrogens with one attached hydrogen (secondary N) is 1. The number of anilines is 1. The van der Waals surface area contributed by atoms with E-state index in [0.29, 0.717) is 16.9 Å². The first-order valence-corrected chi connectivity index (χ1v) is 9.80. The van der Waals surface area contributed by atoms with Gasteiger partial charge in [-0.1, -0.05) is 30.3 Å². The third kappa shape index (κ3) is 4.74. The molecule has 0 unspecified atom stereocenters. The molecule has 1 aliphatic heterocycles. The number of para-hydroxylation sites is 1. The van der Waals surface area contributed by atoms with Crippen molar-refractivity contribution in [1.82, 2.24) is 9.78 Å². The molecule has 1 aromatic heterocycles. The molecule has 2 heterocycles. The van der Waals surface area contributed by atoms with Crippen LogP contribution in [0, 0.1) is 0 Å². The van der Waals surface area contributed by atoms with Gasteiger partial charge in [0.1, 0.15) is 0 Å². The van der Waals surface area contributed by atoms with Crippen molar-refractivity contribution in [3.63, 3.8) is 0 Å². The molecule has 3 aromatic rings. The number of hydrogen-bond donors (Lipinski definition) is 1. The van der Waals surface area contributed by atoms with Gasteiger partial charge in [0.25, 0.3) is 5.79 Å². The molecular formula is C23H18F3N3O4. The highest BCUT2D eigenvalue weighted by atomic mass is 19.4. The summed E-state index contributed by atoms with van der Waals surface area (Å²) >= 11 is 0. The fraction of sp³-hybridized carbons (Fsp3) is 0.174. The number of carbonyl (C=O) groups excluding carboxylic acids is 2. The number of carbonyl (C=O) groups is 2. The van der Waals surface area contributed by atoms with Crippen LogP contribution in [0.5, 0.6) is 0 Å². The minimum absolute atomic E-state index is 0.250. The van der Waals surface area contributed by atoms with Crippen molar-refractivity contribution >= 4 is 17.6 Å². The molecule has 10 heteroatoms. The zero-order chi connectivity index (χ0) is 23.8. The van der Waals surface area contributed by atoms with Crippen LogP contribution in [0.2, 0.25) is 0 Å². The lowest BCUT2D eigenvalue weighted by Gasteiger charge is -2.29. The summed E-state index contributed by atoms with van der Waals surface area (Å²) in [4.78, 5) is 24.0. The van der Waals surface area contributed by atoms with Gasteiger partial charge in [0, 0.05) is 31.3 Å². The first-order valence-electron chi connectivity index (χ1n) is 9.80. The number of esters is 2. The van der Waals surface area contributed by atoms with Gasteiger partial charge in [-0.05, 0) is 30.3 Å². The minimum atomic E-state index is -4.60. The molecule has 0 spiro atoms. The van der Waals surface area contributed by atoms with Gasteiger partial charge in [0.2, 0.25) is 0 Å². The van der Waals surface area contributed by atoms with Gasteiger partial charge in [0.15, 0.2) is 11.3 Å². The molecule has 0 radical (unpaired) electrons. The molecule has 4 rings (SSSR count). The highest BCUT2D eigenvalue weighted by molar-refractivity contribution is 6.15. The second-order valence-corrected chi connectivity index (χ2v) is 7.62. The molecule has 0 aliphatic carbocycles. The Bertz CT molecular complexity index is 1210.